The van der Waals surface area contributed by atoms with Crippen LogP contribution in [0.3, 0.4) is 0 Å². The van der Waals surface area contributed by atoms with E-state index in [1.165, 1.54) is 11.1 Å². The number of ether oxygens (including phenoxy) is 2. The first kappa shape index (κ1) is 22.6. The highest BCUT2D eigenvalue weighted by Crippen LogP contribution is 2.35. The summed E-state index contributed by atoms with van der Waals surface area (Å²) in [6, 6.07) is 10.2. The second-order valence-electron chi connectivity index (χ2n) is 7.89. The van der Waals surface area contributed by atoms with Gasteiger partial charge in [-0.3, -0.25) is 9.78 Å². The van der Waals surface area contributed by atoms with Crippen molar-refractivity contribution in [2.75, 3.05) is 6.79 Å². The van der Waals surface area contributed by atoms with E-state index in [1.54, 1.807) is 12.3 Å². The van der Waals surface area contributed by atoms with Gasteiger partial charge in [0.25, 0.3) is 0 Å². The van der Waals surface area contributed by atoms with Crippen molar-refractivity contribution >= 4 is 11.5 Å². The summed E-state index contributed by atoms with van der Waals surface area (Å²) in [6.07, 6.45) is 15.2. The molecule has 0 unspecified atom stereocenters. The number of fused-ring (bicyclic) bond motifs is 1. The zero-order chi connectivity index (χ0) is 21.9. The summed E-state index contributed by atoms with van der Waals surface area (Å²) in [4.78, 5) is 16.4. The number of unbranched alkanes of at least 4 members (excludes halogenated alkanes) is 1. The van der Waals surface area contributed by atoms with Gasteiger partial charge in [-0.05, 0) is 73.9 Å². The maximum Gasteiger partial charge on any atom is 0.244 e. The van der Waals surface area contributed by atoms with Crippen LogP contribution in [0.15, 0.2) is 61.0 Å². The van der Waals surface area contributed by atoms with Crippen LogP contribution in [-0.4, -0.2) is 23.7 Å². The number of hydrogen-bond acceptors (Lipinski definition) is 4. The average molecular weight is 421 g/mol. The Kier molecular flexibility index (Phi) is 8.71. The van der Waals surface area contributed by atoms with Gasteiger partial charge in [-0.1, -0.05) is 37.6 Å². The van der Waals surface area contributed by atoms with Crippen LogP contribution in [0.25, 0.3) is 5.57 Å². The molecule has 0 aliphatic carbocycles. The van der Waals surface area contributed by atoms with Gasteiger partial charge >= 0.3 is 0 Å². The molecule has 3 rings (SSSR count). The summed E-state index contributed by atoms with van der Waals surface area (Å²) in [7, 11) is 0. The van der Waals surface area contributed by atoms with Crippen LogP contribution in [-0.2, 0) is 11.2 Å². The van der Waals surface area contributed by atoms with Crippen molar-refractivity contribution in [3.63, 3.8) is 0 Å². The monoisotopic (exact) mass is 420 g/mol. The third-order valence-electron chi connectivity index (χ3n) is 5.30. The molecule has 0 radical (unpaired) electrons. The van der Waals surface area contributed by atoms with Crippen molar-refractivity contribution in [2.24, 2.45) is 0 Å². The number of carbonyl (C=O) groups excluding carboxylic acids is 1. The van der Waals surface area contributed by atoms with Gasteiger partial charge in [-0.15, -0.1) is 0 Å². The van der Waals surface area contributed by atoms with E-state index in [0.29, 0.717) is 0 Å². The number of hydrogen-bond donors (Lipinski definition) is 1. The van der Waals surface area contributed by atoms with Gasteiger partial charge in [0.15, 0.2) is 11.5 Å². The van der Waals surface area contributed by atoms with Crippen LogP contribution in [0.5, 0.6) is 11.5 Å². The quantitative estimate of drug-likeness (QED) is 0.387. The fourth-order valence-electron chi connectivity index (χ4n) is 3.56. The van der Waals surface area contributed by atoms with Gasteiger partial charge in [-0.2, -0.15) is 0 Å². The van der Waals surface area contributed by atoms with Gasteiger partial charge in [0.2, 0.25) is 12.7 Å². The lowest BCUT2D eigenvalue weighted by Gasteiger charge is -2.12. The summed E-state index contributed by atoms with van der Waals surface area (Å²) in [6.45, 7) is 4.49. The molecule has 1 aromatic heterocycles. The lowest BCUT2D eigenvalue weighted by atomic mass is 9.99. The largest absolute Gasteiger partial charge is 0.454 e. The highest BCUT2D eigenvalue weighted by Gasteiger charge is 2.14. The SMILES string of the molecule is CCCC/C(=C\C=C\C(=O)N[C@H](C)CCCc1cccnc1)c1ccc2c(c1)OCO2. The highest BCUT2D eigenvalue weighted by atomic mass is 16.7. The Morgan fingerprint density at radius 2 is 2.10 bits per heavy atom. The molecule has 2 aromatic rings. The second-order valence-corrected chi connectivity index (χ2v) is 7.89. The number of aryl methyl sites for hydroxylation is 1. The molecule has 1 N–H and O–H groups in total. The lowest BCUT2D eigenvalue weighted by molar-refractivity contribution is -0.117. The Balaban J connectivity index is 1.51. The molecular weight excluding hydrogens is 388 g/mol. The number of rotatable bonds is 11. The van der Waals surface area contributed by atoms with Crippen molar-refractivity contribution in [3.8, 4) is 11.5 Å². The molecule has 5 nitrogen and oxygen atoms in total. The van der Waals surface area contributed by atoms with E-state index in [-0.39, 0.29) is 18.7 Å². The molecular formula is C26H32N2O3. The van der Waals surface area contributed by atoms with Crippen LogP contribution < -0.4 is 14.8 Å². The molecule has 31 heavy (non-hydrogen) atoms. The number of allylic oxidation sites excluding steroid dienone is 3. The molecule has 0 fully saturated rings. The first-order chi connectivity index (χ1) is 15.2. The zero-order valence-corrected chi connectivity index (χ0v) is 18.5. The Hall–Kier alpha value is -3.08. The number of benzene rings is 1. The molecule has 0 spiro atoms. The van der Waals surface area contributed by atoms with Crippen molar-refractivity contribution in [3.05, 3.63) is 72.1 Å². The Morgan fingerprint density at radius 3 is 2.90 bits per heavy atom. The van der Waals surface area contributed by atoms with Gasteiger partial charge in [0, 0.05) is 24.5 Å². The second kappa shape index (κ2) is 11.9. The molecule has 5 heteroatoms. The minimum Gasteiger partial charge on any atom is -0.454 e. The topological polar surface area (TPSA) is 60.5 Å². The normalized spacial score (nSPS) is 14.1. The molecule has 1 aliphatic heterocycles. The standard InChI is InChI=1S/C26H32N2O3/c1-3-4-11-22(23-14-15-24-25(17-23)31-19-30-24)12-6-13-26(29)28-20(2)8-5-9-21-10-7-16-27-18-21/h6-7,10,12-18,20H,3-5,8-9,11,19H2,1-2H3,(H,28,29)/b13-6+,22-12+/t20-/m1/s1. The Morgan fingerprint density at radius 1 is 1.23 bits per heavy atom. The predicted octanol–water partition coefficient (Wildman–Crippen LogP) is 5.47. The molecule has 0 saturated carbocycles. The molecule has 0 saturated heterocycles. The molecule has 1 atom stereocenters. The Bertz CT molecular complexity index is 906. The molecule has 1 amide bonds. The van der Waals surface area contributed by atoms with Gasteiger partial charge in [-0.25, -0.2) is 0 Å². The number of nitrogens with one attached hydrogen (secondary N) is 1. The van der Waals surface area contributed by atoms with E-state index < -0.39 is 0 Å². The molecule has 1 aliphatic rings. The van der Waals surface area contributed by atoms with E-state index in [1.807, 2.05) is 49.5 Å². The van der Waals surface area contributed by atoms with Crippen LogP contribution in [0, 0.1) is 0 Å². The third-order valence-corrected chi connectivity index (χ3v) is 5.30. The van der Waals surface area contributed by atoms with Crippen LogP contribution in [0.1, 0.15) is 57.1 Å². The molecule has 1 aromatic carbocycles. The number of nitrogens with zero attached hydrogens (tertiary/aromatic N) is 1. The number of pyridine rings is 1. The van der Waals surface area contributed by atoms with Crippen molar-refractivity contribution < 1.29 is 14.3 Å². The fraction of sp³-hybridized carbons (Fsp3) is 0.385. The summed E-state index contributed by atoms with van der Waals surface area (Å²) in [5, 5.41) is 3.05. The number of carbonyl (C=O) groups is 1. The highest BCUT2D eigenvalue weighted by molar-refractivity contribution is 5.88. The first-order valence-corrected chi connectivity index (χ1v) is 11.1. The zero-order valence-electron chi connectivity index (χ0n) is 18.5. The minimum absolute atomic E-state index is 0.0642. The van der Waals surface area contributed by atoms with E-state index in [4.69, 9.17) is 9.47 Å². The smallest absolute Gasteiger partial charge is 0.244 e. The van der Waals surface area contributed by atoms with Gasteiger partial charge in [0.05, 0.1) is 0 Å². The average Bonchev–Trinajstić information content (AvgIpc) is 3.24. The maximum atomic E-state index is 12.3. The van der Waals surface area contributed by atoms with Crippen molar-refractivity contribution in [2.45, 2.75) is 58.4 Å². The van der Waals surface area contributed by atoms with E-state index in [2.05, 4.69) is 23.3 Å². The van der Waals surface area contributed by atoms with E-state index in [0.717, 1.165) is 55.6 Å². The van der Waals surface area contributed by atoms with Crippen LogP contribution in [0.4, 0.5) is 0 Å². The number of aromatic nitrogens is 1. The third kappa shape index (κ3) is 7.28. The van der Waals surface area contributed by atoms with Crippen LogP contribution >= 0.6 is 0 Å². The van der Waals surface area contributed by atoms with E-state index in [9.17, 15) is 4.79 Å². The molecule has 2 heterocycles. The molecule has 0 bridgehead atoms. The van der Waals surface area contributed by atoms with Gasteiger partial charge < -0.3 is 14.8 Å². The minimum atomic E-state index is -0.0642. The summed E-state index contributed by atoms with van der Waals surface area (Å²) < 4.78 is 10.9. The van der Waals surface area contributed by atoms with Gasteiger partial charge in [0.1, 0.15) is 0 Å². The van der Waals surface area contributed by atoms with Crippen molar-refractivity contribution in [1.82, 2.24) is 10.3 Å². The van der Waals surface area contributed by atoms with Crippen LogP contribution in [0.2, 0.25) is 0 Å². The maximum absolute atomic E-state index is 12.3. The predicted molar refractivity (Wildman–Crippen MR) is 124 cm³/mol. The fourth-order valence-corrected chi connectivity index (χ4v) is 3.56. The van der Waals surface area contributed by atoms with Crippen molar-refractivity contribution in [1.29, 1.82) is 0 Å². The molecule has 164 valence electrons. The summed E-state index contributed by atoms with van der Waals surface area (Å²) in [5.41, 5.74) is 3.52. The summed E-state index contributed by atoms with van der Waals surface area (Å²) in [5.74, 6) is 1.50. The van der Waals surface area contributed by atoms with E-state index >= 15 is 0 Å². The number of amides is 1. The Labute approximate surface area is 185 Å². The summed E-state index contributed by atoms with van der Waals surface area (Å²) >= 11 is 0. The first-order valence-electron chi connectivity index (χ1n) is 11.1. The lowest BCUT2D eigenvalue weighted by Crippen LogP contribution is -2.31.